The molecule has 31 heteroatoms. The van der Waals surface area contributed by atoms with Gasteiger partial charge in [0.2, 0.25) is 70.9 Å². The van der Waals surface area contributed by atoms with E-state index >= 15 is 0 Å². The summed E-state index contributed by atoms with van der Waals surface area (Å²) in [6.07, 6.45) is 13.0. The van der Waals surface area contributed by atoms with Crippen molar-refractivity contribution >= 4 is 70.9 Å². The molecule has 0 aliphatic heterocycles. The Bertz CT molecular complexity index is 2510. The molecule has 0 heterocycles. The Hall–Kier alpha value is -6.64. The topological polar surface area (TPSA) is 545 Å². The second-order valence-corrected chi connectivity index (χ2v) is 29.8. The highest BCUT2D eigenvalue weighted by molar-refractivity contribution is 5.99. The summed E-state index contributed by atoms with van der Waals surface area (Å²) in [6, 6.07) is -12.9. The van der Waals surface area contributed by atoms with Gasteiger partial charge < -0.3 is 104 Å². The van der Waals surface area contributed by atoms with E-state index in [1.807, 2.05) is 55.4 Å². The fourth-order valence-corrected chi connectivity index (χ4v) is 12.0. The monoisotopic (exact) mass is 1490 g/mol. The van der Waals surface area contributed by atoms with Crippen molar-refractivity contribution < 1.29 is 57.5 Å². The molecule has 0 aromatic heterocycles. The average Bonchev–Trinajstić information content (AvgIpc) is 0.861. The van der Waals surface area contributed by atoms with E-state index in [4.69, 9.17) is 45.9 Å². The summed E-state index contributed by atoms with van der Waals surface area (Å²) in [6.45, 7) is 19.1. The zero-order valence-corrected chi connectivity index (χ0v) is 65.5. The third-order valence-electron chi connectivity index (χ3n) is 18.0. The number of rotatable bonds is 64. The number of carbonyl (C=O) groups excluding carboxylic acids is 12. The van der Waals surface area contributed by atoms with Crippen LogP contribution in [0.5, 0.6) is 0 Å². The Kier molecular flexibility index (Phi) is 55.6. The lowest BCUT2D eigenvalue weighted by molar-refractivity contribution is -0.136. The molecule has 0 aliphatic carbocycles. The SMILES string of the molecule is CCCCCCCC(=O)N[C@@H](CCCCN)C(=O)N[C@@H](CCCCN)C(=O)N[C@@H](CCCCN)C(=O)N[C@@H](CC(C)C)C(=O)N[C@@H](CC(C)C)C(=O)N[C@@H](CCCCN)C(=O)N[C@@H](CCCCN)C(=O)N[C@@H](CC(C)C)C(=O)N[C@@H](CCCCN)C(=O)N[C@@H](CCCCN)C(=O)N[C@@H](CC(C)C)C(N)=O. The summed E-state index contributed by atoms with van der Waals surface area (Å²) in [5.41, 5.74) is 46.6. The first-order valence-electron chi connectivity index (χ1n) is 39.5. The molecule has 0 unspecified atom stereocenters. The van der Waals surface area contributed by atoms with Crippen molar-refractivity contribution in [2.45, 2.75) is 328 Å². The molecule has 0 fully saturated rings. The summed E-state index contributed by atoms with van der Waals surface area (Å²) < 4.78 is 0. The highest BCUT2D eigenvalue weighted by atomic mass is 16.2. The highest BCUT2D eigenvalue weighted by Gasteiger charge is 2.37. The van der Waals surface area contributed by atoms with Crippen LogP contribution in [0.4, 0.5) is 0 Å². The number of nitrogens with two attached hydrogens (primary N) is 8. The quantitative estimate of drug-likeness (QED) is 0.0381. The van der Waals surface area contributed by atoms with Crippen LogP contribution in [0.25, 0.3) is 0 Å². The van der Waals surface area contributed by atoms with Crippen LogP contribution in [0.3, 0.4) is 0 Å². The van der Waals surface area contributed by atoms with Gasteiger partial charge in [0.05, 0.1) is 0 Å². The van der Waals surface area contributed by atoms with E-state index in [1.165, 1.54) is 0 Å². The van der Waals surface area contributed by atoms with Crippen LogP contribution < -0.4 is 104 Å². The van der Waals surface area contributed by atoms with Crippen molar-refractivity contribution in [2.75, 3.05) is 45.8 Å². The van der Waals surface area contributed by atoms with Crippen molar-refractivity contribution in [3.63, 3.8) is 0 Å². The minimum absolute atomic E-state index is 0.00291. The van der Waals surface area contributed by atoms with Gasteiger partial charge in [-0.1, -0.05) is 88.0 Å². The van der Waals surface area contributed by atoms with Gasteiger partial charge in [-0.25, -0.2) is 0 Å². The molecule has 0 aliphatic rings. The Morgan fingerprint density at radius 1 is 0.229 bits per heavy atom. The van der Waals surface area contributed by atoms with Crippen LogP contribution in [0.2, 0.25) is 0 Å². The molecule has 0 radical (unpaired) electrons. The summed E-state index contributed by atoms with van der Waals surface area (Å²) in [4.78, 5) is 170. The molecule has 11 atom stereocenters. The number of hydrogen-bond donors (Lipinski definition) is 19. The number of unbranched alkanes of at least 4 members (excludes halogenated alkanes) is 11. The highest BCUT2D eigenvalue weighted by Crippen LogP contribution is 2.17. The van der Waals surface area contributed by atoms with E-state index in [9.17, 15) is 57.5 Å². The zero-order valence-electron chi connectivity index (χ0n) is 65.5. The second kappa shape index (κ2) is 59.4. The van der Waals surface area contributed by atoms with Crippen molar-refractivity contribution in [1.82, 2.24) is 58.5 Å². The van der Waals surface area contributed by atoms with Crippen molar-refractivity contribution in [3.8, 4) is 0 Å². The van der Waals surface area contributed by atoms with Crippen molar-refractivity contribution in [2.24, 2.45) is 69.5 Å². The first-order valence-corrected chi connectivity index (χ1v) is 39.5. The molecule has 31 nitrogen and oxygen atoms in total. The zero-order chi connectivity index (χ0) is 79.2. The minimum atomic E-state index is -1.28. The van der Waals surface area contributed by atoms with Gasteiger partial charge in [-0.3, -0.25) is 57.5 Å². The Labute approximate surface area is 627 Å². The van der Waals surface area contributed by atoms with Crippen molar-refractivity contribution in [1.29, 1.82) is 0 Å². The summed E-state index contributed by atoms with van der Waals surface area (Å²) in [5.74, 6) is -8.46. The molecule has 0 saturated heterocycles. The van der Waals surface area contributed by atoms with E-state index in [2.05, 4.69) is 65.4 Å². The van der Waals surface area contributed by atoms with Gasteiger partial charge in [0.1, 0.15) is 66.5 Å². The molecular weight excluding hydrogens is 1350 g/mol. The standard InChI is InChI=1S/C74H145N19O12/c1-10-11-12-13-14-36-63(94)83-52(29-15-22-37-75)65(96)84-53(30-16-23-38-76)66(97)86-58(35-21-28-43-81)71(102)92-62(47-51(8)9)74(105)93-61(46-50(6)7)73(104)89-55(32-18-25-40-78)68(99)87-57(34-20-27-42-80)70(101)91-60(45-49(4)5)72(103)88-54(31-17-24-39-77)67(98)85-56(33-19-26-41-79)69(100)90-59(64(82)95)44-48(2)3/h48-62H,10-47,75-81H2,1-9H3,(H2,82,95)(H,83,94)(H,84,96)(H,85,98)(H,86,97)(H,87,99)(H,88,103)(H,89,104)(H,90,100)(H,91,101)(H,92,102)(H,93,105)/t52-,53-,54-,55-,56-,57-,58-,59-,60-,61-,62-/m0/s1. The van der Waals surface area contributed by atoms with Gasteiger partial charge in [0.15, 0.2) is 0 Å². The maximum Gasteiger partial charge on any atom is 0.243 e. The Morgan fingerprint density at radius 2 is 0.410 bits per heavy atom. The molecule has 0 rings (SSSR count). The predicted octanol–water partition coefficient (Wildman–Crippen LogP) is 1.25. The van der Waals surface area contributed by atoms with E-state index < -0.39 is 131 Å². The number of carbonyl (C=O) groups is 12. The van der Waals surface area contributed by atoms with E-state index in [0.717, 1.165) is 25.7 Å². The molecule has 0 aromatic carbocycles. The number of nitrogens with one attached hydrogen (secondary N) is 11. The Morgan fingerprint density at radius 3 is 0.610 bits per heavy atom. The third-order valence-corrected chi connectivity index (χ3v) is 18.0. The van der Waals surface area contributed by atoms with Gasteiger partial charge in [-0.05, 0) is 236 Å². The van der Waals surface area contributed by atoms with Crippen molar-refractivity contribution in [3.05, 3.63) is 0 Å². The lowest BCUT2D eigenvalue weighted by Gasteiger charge is -2.29. The fourth-order valence-electron chi connectivity index (χ4n) is 12.0. The van der Waals surface area contributed by atoms with Crippen LogP contribution in [-0.2, 0) is 57.5 Å². The molecule has 0 bridgehead atoms. The molecule has 105 heavy (non-hydrogen) atoms. The lowest BCUT2D eigenvalue weighted by atomic mass is 9.98. The predicted molar refractivity (Wildman–Crippen MR) is 412 cm³/mol. The minimum Gasteiger partial charge on any atom is -0.368 e. The smallest absolute Gasteiger partial charge is 0.243 e. The second-order valence-electron chi connectivity index (χ2n) is 29.8. The van der Waals surface area contributed by atoms with Gasteiger partial charge in [0, 0.05) is 6.42 Å². The number of primary amides is 1. The first-order chi connectivity index (χ1) is 50.0. The van der Waals surface area contributed by atoms with Gasteiger partial charge in [0.25, 0.3) is 0 Å². The molecule has 12 amide bonds. The fraction of sp³-hybridized carbons (Fsp3) is 0.838. The first kappa shape index (κ1) is 98.4. The summed E-state index contributed by atoms with van der Waals surface area (Å²) in [5, 5.41) is 31.1. The van der Waals surface area contributed by atoms with E-state index in [0.29, 0.717) is 129 Å². The normalized spacial score (nSPS) is 14.6. The Balaban J connectivity index is 7.21. The van der Waals surface area contributed by atoms with Crippen LogP contribution in [0.1, 0.15) is 261 Å². The maximum absolute atomic E-state index is 14.7. The van der Waals surface area contributed by atoms with E-state index in [-0.39, 0.29) is 120 Å². The molecule has 0 spiro atoms. The van der Waals surface area contributed by atoms with Gasteiger partial charge in [-0.2, -0.15) is 0 Å². The number of amides is 12. The number of hydrogen-bond acceptors (Lipinski definition) is 19. The van der Waals surface area contributed by atoms with E-state index in [1.54, 1.807) is 0 Å². The largest absolute Gasteiger partial charge is 0.368 e. The molecule has 608 valence electrons. The molecule has 27 N–H and O–H groups in total. The third kappa shape index (κ3) is 45.6. The van der Waals surface area contributed by atoms with Crippen LogP contribution in [0, 0.1) is 23.7 Å². The summed E-state index contributed by atoms with van der Waals surface area (Å²) >= 11 is 0. The van der Waals surface area contributed by atoms with Gasteiger partial charge in [-0.15, -0.1) is 0 Å². The molecule has 0 aromatic rings. The molecule has 0 saturated carbocycles. The lowest BCUT2D eigenvalue weighted by Crippen LogP contribution is -2.61. The average molecular weight is 1490 g/mol. The van der Waals surface area contributed by atoms with Crippen LogP contribution in [-0.4, -0.2) is 183 Å². The summed E-state index contributed by atoms with van der Waals surface area (Å²) in [7, 11) is 0. The maximum atomic E-state index is 14.7. The van der Waals surface area contributed by atoms with Gasteiger partial charge >= 0.3 is 0 Å². The van der Waals surface area contributed by atoms with Crippen LogP contribution >= 0.6 is 0 Å². The molecular formula is C74H145N19O12. The van der Waals surface area contributed by atoms with Crippen LogP contribution in [0.15, 0.2) is 0 Å².